The van der Waals surface area contributed by atoms with Gasteiger partial charge in [0.15, 0.2) is 5.52 Å². The third kappa shape index (κ3) is 2.27. The molecular formula is C11H8N4O2S2. The minimum absolute atomic E-state index is 0.0308. The Morgan fingerprint density at radius 3 is 2.95 bits per heavy atom. The number of nitro groups is 1. The van der Waals surface area contributed by atoms with Crippen LogP contribution in [0.2, 0.25) is 0 Å². The van der Waals surface area contributed by atoms with Gasteiger partial charge in [0.25, 0.3) is 0 Å². The van der Waals surface area contributed by atoms with E-state index < -0.39 is 4.92 Å². The summed E-state index contributed by atoms with van der Waals surface area (Å²) < 4.78 is 0.815. The van der Waals surface area contributed by atoms with E-state index in [0.29, 0.717) is 17.7 Å². The van der Waals surface area contributed by atoms with E-state index in [1.54, 1.807) is 23.3 Å². The van der Waals surface area contributed by atoms with Gasteiger partial charge in [0, 0.05) is 11.1 Å². The van der Waals surface area contributed by atoms with E-state index in [2.05, 4.69) is 15.3 Å². The molecule has 0 bridgehead atoms. The van der Waals surface area contributed by atoms with Crippen molar-refractivity contribution in [2.75, 3.05) is 5.32 Å². The first-order valence-electron chi connectivity index (χ1n) is 5.37. The zero-order valence-electron chi connectivity index (χ0n) is 9.57. The molecule has 0 aliphatic carbocycles. The fraction of sp³-hybridized carbons (Fsp3) is 0.0909. The minimum atomic E-state index is -0.392. The lowest BCUT2D eigenvalue weighted by Gasteiger charge is -2.05. The highest BCUT2D eigenvalue weighted by Crippen LogP contribution is 2.34. The summed E-state index contributed by atoms with van der Waals surface area (Å²) in [5.41, 5.74) is 4.30. The van der Waals surface area contributed by atoms with Crippen molar-refractivity contribution in [1.82, 2.24) is 9.97 Å². The number of hydrogen-bond donors (Lipinski definition) is 1. The van der Waals surface area contributed by atoms with E-state index in [4.69, 9.17) is 0 Å². The maximum absolute atomic E-state index is 11.2. The van der Waals surface area contributed by atoms with Gasteiger partial charge in [-0.3, -0.25) is 15.1 Å². The molecule has 19 heavy (non-hydrogen) atoms. The van der Waals surface area contributed by atoms with E-state index in [-0.39, 0.29) is 5.69 Å². The SMILES string of the molecule is O=[N+]([O-])c1c(NCc2cncs2)ccc2scnc12. The highest BCUT2D eigenvalue weighted by Gasteiger charge is 2.20. The molecule has 0 radical (unpaired) electrons. The lowest BCUT2D eigenvalue weighted by atomic mass is 10.2. The van der Waals surface area contributed by atoms with Crippen LogP contribution in [0.4, 0.5) is 11.4 Å². The van der Waals surface area contributed by atoms with Crippen molar-refractivity contribution in [1.29, 1.82) is 0 Å². The molecule has 2 aromatic heterocycles. The maximum Gasteiger partial charge on any atom is 0.319 e. The first-order valence-corrected chi connectivity index (χ1v) is 7.13. The van der Waals surface area contributed by atoms with Crippen LogP contribution in [0.1, 0.15) is 4.88 Å². The summed E-state index contributed by atoms with van der Waals surface area (Å²) in [7, 11) is 0. The summed E-state index contributed by atoms with van der Waals surface area (Å²) in [6.45, 7) is 0.515. The van der Waals surface area contributed by atoms with Gasteiger partial charge in [-0.15, -0.1) is 22.7 Å². The van der Waals surface area contributed by atoms with Gasteiger partial charge in [0.2, 0.25) is 0 Å². The van der Waals surface area contributed by atoms with E-state index >= 15 is 0 Å². The minimum Gasteiger partial charge on any atom is -0.374 e. The number of nitrogens with zero attached hydrogens (tertiary/aromatic N) is 3. The highest BCUT2D eigenvalue weighted by atomic mass is 32.1. The molecule has 0 aliphatic rings. The first-order chi connectivity index (χ1) is 9.25. The molecule has 96 valence electrons. The fourth-order valence-corrected chi connectivity index (χ4v) is 2.97. The number of benzene rings is 1. The zero-order valence-corrected chi connectivity index (χ0v) is 11.2. The lowest BCUT2D eigenvalue weighted by Crippen LogP contribution is -2.02. The summed E-state index contributed by atoms with van der Waals surface area (Å²) in [5.74, 6) is 0. The summed E-state index contributed by atoms with van der Waals surface area (Å²) in [4.78, 5) is 19.9. The Morgan fingerprint density at radius 1 is 1.32 bits per heavy atom. The molecule has 0 spiro atoms. The molecule has 3 rings (SSSR count). The van der Waals surface area contributed by atoms with Crippen molar-refractivity contribution >= 4 is 44.3 Å². The molecule has 1 aromatic carbocycles. The Labute approximate surface area is 115 Å². The summed E-state index contributed by atoms with van der Waals surface area (Å²) in [6.07, 6.45) is 1.74. The zero-order chi connectivity index (χ0) is 13.2. The van der Waals surface area contributed by atoms with Gasteiger partial charge in [-0.1, -0.05) is 0 Å². The fourth-order valence-electron chi connectivity index (χ4n) is 1.76. The Kier molecular flexibility index (Phi) is 3.10. The van der Waals surface area contributed by atoms with Crippen molar-refractivity contribution in [3.8, 4) is 0 Å². The van der Waals surface area contributed by atoms with Gasteiger partial charge in [0.05, 0.1) is 27.2 Å². The third-order valence-electron chi connectivity index (χ3n) is 2.59. The Hall–Kier alpha value is -2.06. The monoisotopic (exact) mass is 292 g/mol. The number of rotatable bonds is 4. The molecule has 0 fully saturated rings. The molecule has 0 saturated carbocycles. The van der Waals surface area contributed by atoms with Crippen molar-refractivity contribution < 1.29 is 4.92 Å². The second-order valence-electron chi connectivity index (χ2n) is 3.74. The number of nitrogens with one attached hydrogen (secondary N) is 1. The molecule has 0 atom stereocenters. The predicted molar refractivity (Wildman–Crippen MR) is 75.7 cm³/mol. The van der Waals surface area contributed by atoms with Crippen molar-refractivity contribution in [3.05, 3.63) is 44.3 Å². The Balaban J connectivity index is 1.97. The average Bonchev–Trinajstić information content (AvgIpc) is 3.06. The number of thiazole rings is 2. The largest absolute Gasteiger partial charge is 0.374 e. The van der Waals surface area contributed by atoms with Gasteiger partial charge < -0.3 is 5.32 Å². The summed E-state index contributed by atoms with van der Waals surface area (Å²) >= 11 is 2.90. The van der Waals surface area contributed by atoms with Crippen LogP contribution in [0.3, 0.4) is 0 Å². The topological polar surface area (TPSA) is 81.0 Å². The second kappa shape index (κ2) is 4.90. The van der Waals surface area contributed by atoms with Crippen molar-refractivity contribution in [2.24, 2.45) is 0 Å². The lowest BCUT2D eigenvalue weighted by molar-refractivity contribution is -0.382. The Bertz CT molecular complexity index is 723. The highest BCUT2D eigenvalue weighted by molar-refractivity contribution is 7.16. The smallest absolute Gasteiger partial charge is 0.319 e. The van der Waals surface area contributed by atoms with Gasteiger partial charge in [-0.25, -0.2) is 4.98 Å². The molecular weight excluding hydrogens is 284 g/mol. The molecule has 0 aliphatic heterocycles. The average molecular weight is 292 g/mol. The quantitative estimate of drug-likeness (QED) is 0.589. The molecule has 8 heteroatoms. The van der Waals surface area contributed by atoms with E-state index in [1.807, 2.05) is 6.07 Å². The number of fused-ring (bicyclic) bond motifs is 1. The molecule has 0 unspecified atom stereocenters. The number of anilines is 1. The normalized spacial score (nSPS) is 10.7. The second-order valence-corrected chi connectivity index (χ2v) is 5.60. The van der Waals surface area contributed by atoms with Gasteiger partial charge in [0.1, 0.15) is 5.69 Å². The van der Waals surface area contributed by atoms with Gasteiger partial charge in [-0.2, -0.15) is 0 Å². The van der Waals surface area contributed by atoms with Crippen LogP contribution < -0.4 is 5.32 Å². The number of hydrogen-bond acceptors (Lipinski definition) is 7. The molecule has 1 N–H and O–H groups in total. The molecule has 0 amide bonds. The maximum atomic E-state index is 11.2. The molecule has 2 heterocycles. The molecule has 3 aromatic rings. The van der Waals surface area contributed by atoms with E-state index in [1.165, 1.54) is 22.7 Å². The molecule has 6 nitrogen and oxygen atoms in total. The Morgan fingerprint density at radius 2 is 2.21 bits per heavy atom. The van der Waals surface area contributed by atoms with Crippen LogP contribution >= 0.6 is 22.7 Å². The summed E-state index contributed by atoms with van der Waals surface area (Å²) in [6, 6.07) is 3.56. The van der Waals surface area contributed by atoms with Crippen LogP contribution in [0, 0.1) is 10.1 Å². The van der Waals surface area contributed by atoms with Crippen molar-refractivity contribution in [3.63, 3.8) is 0 Å². The van der Waals surface area contributed by atoms with Crippen LogP contribution in [0.5, 0.6) is 0 Å². The summed E-state index contributed by atoms with van der Waals surface area (Å²) in [5, 5.41) is 14.3. The van der Waals surface area contributed by atoms with Crippen LogP contribution in [-0.2, 0) is 6.54 Å². The van der Waals surface area contributed by atoms with E-state index in [9.17, 15) is 10.1 Å². The van der Waals surface area contributed by atoms with E-state index in [0.717, 1.165) is 9.58 Å². The molecule has 0 saturated heterocycles. The van der Waals surface area contributed by atoms with Gasteiger partial charge >= 0.3 is 5.69 Å². The van der Waals surface area contributed by atoms with Crippen molar-refractivity contribution in [2.45, 2.75) is 6.54 Å². The van der Waals surface area contributed by atoms with Crippen LogP contribution in [-0.4, -0.2) is 14.9 Å². The number of nitro benzene ring substituents is 1. The van der Waals surface area contributed by atoms with Gasteiger partial charge in [-0.05, 0) is 12.1 Å². The third-order valence-corrected chi connectivity index (χ3v) is 4.17. The van der Waals surface area contributed by atoms with Crippen LogP contribution in [0.25, 0.3) is 10.2 Å². The number of aromatic nitrogens is 2. The first kappa shape index (κ1) is 12.0. The standard InChI is InChI=1S/C11H8N4O2S2/c16-15(17)11-8(13-4-7-3-12-5-18-7)1-2-9-10(11)14-6-19-9/h1-3,5-6,13H,4H2. The van der Waals surface area contributed by atoms with Crippen LogP contribution in [0.15, 0.2) is 29.4 Å². The predicted octanol–water partition coefficient (Wildman–Crippen LogP) is 3.27.